The molecule has 5 atom stereocenters. The third-order valence-corrected chi connectivity index (χ3v) is 38.6. The van der Waals surface area contributed by atoms with E-state index in [9.17, 15) is 85.1 Å². The topological polar surface area (TPSA) is 413 Å². The summed E-state index contributed by atoms with van der Waals surface area (Å²) in [4.78, 5) is 21.0. The van der Waals surface area contributed by atoms with Crippen LogP contribution < -0.4 is 0 Å². The van der Waals surface area contributed by atoms with E-state index in [4.69, 9.17) is 37.9 Å². The van der Waals surface area contributed by atoms with Gasteiger partial charge in [-0.05, 0) is 181 Å². The Balaban J connectivity index is -0.000000453. The van der Waals surface area contributed by atoms with Crippen molar-refractivity contribution in [1.82, 2.24) is 24.5 Å². The van der Waals surface area contributed by atoms with Crippen LogP contribution in [0.25, 0.3) is 0 Å². The number of aliphatic hydroxyl groups excluding tert-OH is 5. The van der Waals surface area contributed by atoms with Crippen LogP contribution in [-0.2, 0) is 97.5 Å². The molecule has 694 valence electrons. The van der Waals surface area contributed by atoms with Crippen molar-refractivity contribution >= 4 is 91.7 Å². The molecule has 5 N–H and O–H groups in total. The lowest BCUT2D eigenvalue weighted by Crippen LogP contribution is -2.44. The monoisotopic (exact) mass is 1900 g/mol. The zero-order valence-corrected chi connectivity index (χ0v) is 86.7. The number of nitrogens with zero attached hydrogens (tertiary/aromatic N) is 5. The number of hydrogen-bond acceptors (Lipinski definition) is 31. The lowest BCUT2D eigenvalue weighted by Gasteiger charge is -2.37. The predicted octanol–water partition coefficient (Wildman–Crippen LogP) is 12.7. The fourth-order valence-corrected chi connectivity index (χ4v) is 31.5. The Morgan fingerprint density at radius 1 is 0.319 bits per heavy atom. The third-order valence-electron chi connectivity index (χ3n) is 15.6. The average molecular weight is 1900 g/mol. The predicted molar refractivity (Wildman–Crippen MR) is 495 cm³/mol. The summed E-state index contributed by atoms with van der Waals surface area (Å²) in [6.45, 7) is 67.5. The first-order valence-corrected chi connectivity index (χ1v) is 70.6. The van der Waals surface area contributed by atoms with E-state index in [2.05, 4.69) is 37.8 Å². The van der Waals surface area contributed by atoms with Gasteiger partial charge < -0.3 is 118 Å². The minimum atomic E-state index is -2.84. The second-order valence-electron chi connectivity index (χ2n) is 35.0. The normalized spacial score (nSPS) is 14.7. The molecular weight excluding hydrogens is 1730 g/mol. The van der Waals surface area contributed by atoms with E-state index in [1.165, 1.54) is 40.5 Å². The summed E-state index contributed by atoms with van der Waals surface area (Å²) in [6, 6.07) is 0. The summed E-state index contributed by atoms with van der Waals surface area (Å²) in [5.41, 5.74) is 0.228. The summed E-state index contributed by atoms with van der Waals surface area (Å²) < 4.78 is 189. The number of esters is 1. The smallest absolute Gasteiger partial charge is 0.333 e. The van der Waals surface area contributed by atoms with E-state index in [0.29, 0.717) is 129 Å². The maximum Gasteiger partial charge on any atom is 0.333 e. The molecule has 0 saturated carbocycles. The van der Waals surface area contributed by atoms with Gasteiger partial charge in [0.25, 0.3) is 0 Å². The summed E-state index contributed by atoms with van der Waals surface area (Å²) in [5.74, 6) is -0.606. The lowest BCUT2D eigenvalue weighted by atomic mass is 10.3. The molecule has 0 aromatic heterocycles. The molecule has 0 rings (SSSR count). The molecular formula is C73H161N5O26P12. The van der Waals surface area contributed by atoms with Gasteiger partial charge in [0, 0.05) is 51.4 Å². The van der Waals surface area contributed by atoms with Crippen LogP contribution >= 0.6 is 85.7 Å². The van der Waals surface area contributed by atoms with E-state index in [0.717, 1.165) is 0 Å². The van der Waals surface area contributed by atoms with Gasteiger partial charge in [-0.3, -0.25) is 24.5 Å². The molecule has 43 heteroatoms. The highest BCUT2D eigenvalue weighted by Crippen LogP contribution is 2.71. The van der Waals surface area contributed by atoms with Crippen molar-refractivity contribution in [3.8, 4) is 0 Å². The second-order valence-corrected chi connectivity index (χ2v) is 77.4. The van der Waals surface area contributed by atoms with Crippen LogP contribution in [0.1, 0.15) is 20.8 Å². The molecule has 0 radical (unpaired) electrons. The number of ether oxygens (including phenoxy) is 8. The standard InChI is InChI=1S/C22H51N3O6P4.C14H31NO5P2.C13H26O6P2.C12H27NO4P2.C12H26O5P2/c1-10-15-31-17-22(26)16-23(11-13-24(18-32(2,3)27)19-33(4,5)28)12-14-25(20-34(6,7)29)21-35(8,9)30;1-6-8-19-10-14(16)11-20-9-7-15(12-21(2,3)17)13-22(4,5)18;1-10(2)12(15)18-8-11(14)9-19-13(3,20(4,5)16)21(6,7)17;1-6-7-17-9-12(14)8-13(10-18(2,3)15)11-19(4,5)16;1-7-8-16-9-11(13)10-17-12(2,18(3,4)14)19(5,6)15/h10,22,26H,1,11-21H2,2-9H3;6,14,16H,1,7-13H2,2-5H3;11,14H,1,8-9H2,2-7H3;6,12,14H,1,7-11H2,2-5H3;7,11,13H,1,8-10H2,2-6H3. The van der Waals surface area contributed by atoms with Gasteiger partial charge in [-0.25, -0.2) is 4.79 Å². The molecule has 0 aromatic carbocycles. The number of hydrogen-bond donors (Lipinski definition) is 5. The summed E-state index contributed by atoms with van der Waals surface area (Å²) in [5, 5.41) is 46.9. The van der Waals surface area contributed by atoms with E-state index < -0.39 is 132 Å². The average Bonchev–Trinajstić information content (AvgIpc) is 0.779. The minimum absolute atomic E-state index is 0.0645. The lowest BCUT2D eigenvalue weighted by molar-refractivity contribution is -0.143. The molecule has 0 bridgehead atoms. The fourth-order valence-electron chi connectivity index (χ4n) is 10.4. The highest BCUT2D eigenvalue weighted by Gasteiger charge is 2.50. The van der Waals surface area contributed by atoms with E-state index >= 15 is 0 Å². The van der Waals surface area contributed by atoms with Crippen molar-refractivity contribution in [3.63, 3.8) is 0 Å². The molecule has 0 aromatic rings. The van der Waals surface area contributed by atoms with Crippen LogP contribution in [0.15, 0.2) is 62.8 Å². The Kier molecular flexibility index (Phi) is 63.0. The number of rotatable bonds is 60. The van der Waals surface area contributed by atoms with E-state index in [1.807, 2.05) is 19.6 Å². The summed E-state index contributed by atoms with van der Waals surface area (Å²) in [6.07, 6.45) is 5.52. The molecule has 0 aliphatic carbocycles. The van der Waals surface area contributed by atoms with Crippen molar-refractivity contribution in [2.24, 2.45) is 0 Å². The highest BCUT2D eigenvalue weighted by atomic mass is 31.2. The zero-order valence-electron chi connectivity index (χ0n) is 75.9. The molecule has 5 unspecified atom stereocenters. The van der Waals surface area contributed by atoms with E-state index in [-0.39, 0.29) is 58.4 Å². The summed E-state index contributed by atoms with van der Waals surface area (Å²) >= 11 is 0. The van der Waals surface area contributed by atoms with Gasteiger partial charge in [0.1, 0.15) is 53.5 Å². The van der Waals surface area contributed by atoms with Crippen LogP contribution in [0.4, 0.5) is 0 Å². The first-order valence-electron chi connectivity index (χ1n) is 37.9. The Hall–Kier alpha value is 0.250. The number of carbonyl (C=O) groups is 1. The molecule has 0 saturated heterocycles. The van der Waals surface area contributed by atoms with Gasteiger partial charge in [0.2, 0.25) is 0 Å². The van der Waals surface area contributed by atoms with Crippen molar-refractivity contribution < 1.29 is 123 Å². The molecule has 0 fully saturated rings. The first kappa shape index (κ1) is 125. The van der Waals surface area contributed by atoms with Gasteiger partial charge in [-0.2, -0.15) is 0 Å². The molecule has 0 heterocycles. The Bertz CT molecular complexity index is 3270. The molecule has 31 nitrogen and oxygen atoms in total. The van der Waals surface area contributed by atoms with Crippen LogP contribution in [0.3, 0.4) is 0 Å². The maximum atomic E-state index is 12.5. The van der Waals surface area contributed by atoms with E-state index in [1.54, 1.807) is 165 Å². The van der Waals surface area contributed by atoms with Gasteiger partial charge >= 0.3 is 5.97 Å². The Labute approximate surface area is 701 Å². The Morgan fingerprint density at radius 3 is 0.767 bits per heavy atom. The van der Waals surface area contributed by atoms with Gasteiger partial charge in [-0.15, -0.1) is 26.3 Å². The van der Waals surface area contributed by atoms with Crippen molar-refractivity contribution in [3.05, 3.63) is 62.8 Å². The van der Waals surface area contributed by atoms with Crippen LogP contribution in [-0.4, -0.2) is 439 Å². The largest absolute Gasteiger partial charge is 0.460 e. The fraction of sp³-hybridized carbons (Fsp3) is 0.849. The number of aliphatic hydroxyl groups is 5. The molecule has 0 spiro atoms. The van der Waals surface area contributed by atoms with Crippen molar-refractivity contribution in [2.45, 2.75) is 61.5 Å². The maximum absolute atomic E-state index is 12.5. The number of carbonyl (C=O) groups excluding carboxylic acids is 1. The first-order chi connectivity index (χ1) is 51.9. The Morgan fingerprint density at radius 2 is 0.526 bits per heavy atom. The summed E-state index contributed by atoms with van der Waals surface area (Å²) in [7, 11) is -29.6. The van der Waals surface area contributed by atoms with Gasteiger partial charge in [-0.1, -0.05) is 30.9 Å². The van der Waals surface area contributed by atoms with Crippen molar-refractivity contribution in [2.75, 3.05) is 342 Å². The molecule has 0 amide bonds. The minimum Gasteiger partial charge on any atom is -0.460 e. The molecule has 0 aliphatic rings. The third kappa shape index (κ3) is 72.4. The van der Waals surface area contributed by atoms with Crippen LogP contribution in [0.5, 0.6) is 0 Å². The SMILES string of the molecule is C=C(C)C(=O)OCC(O)COC(C)(P(C)(C)=O)P(C)(C)=O.C=CCOCC(O)CN(CCN(CP(C)(C)=O)CP(C)(C)=O)CCN(CP(C)(C)=O)CP(C)(C)=O.C=CCOCC(O)CN(CP(C)(C)=O)CP(C)(C)=O.C=CCOCC(O)COC(C)(P(C)(C)=O)P(C)(C)=O.C=CCOCC(O)COCCN(CP(C)(C)=O)CP(C)(C)=O. The van der Waals surface area contributed by atoms with Gasteiger partial charge in [0.05, 0.1) is 199 Å². The second kappa shape index (κ2) is 58.6. The highest BCUT2D eigenvalue weighted by molar-refractivity contribution is 7.82. The zero-order chi connectivity index (χ0) is 92.2. The molecule has 0 aliphatic heterocycles. The van der Waals surface area contributed by atoms with Gasteiger partial charge in [0.15, 0.2) is 10.2 Å². The molecule has 116 heavy (non-hydrogen) atoms. The van der Waals surface area contributed by atoms with Crippen molar-refractivity contribution in [1.29, 1.82) is 0 Å². The van der Waals surface area contributed by atoms with Crippen LogP contribution in [0, 0.1) is 0 Å². The quantitative estimate of drug-likeness (QED) is 0.0124. The van der Waals surface area contributed by atoms with Crippen LogP contribution in [0.2, 0.25) is 0 Å².